The van der Waals surface area contributed by atoms with Gasteiger partial charge in [0.2, 0.25) is 0 Å². The average molecular weight is 139 g/mol. The first-order valence-electron chi connectivity index (χ1n) is 3.63. The molecule has 0 aliphatic carbocycles. The zero-order valence-corrected chi connectivity index (χ0v) is 6.25. The van der Waals surface area contributed by atoms with Crippen molar-refractivity contribution in [3.8, 4) is 6.07 Å². The molecule has 0 saturated carbocycles. The number of hydrogen-bond donors (Lipinski definition) is 1. The zero-order valence-electron chi connectivity index (χ0n) is 6.25. The van der Waals surface area contributed by atoms with E-state index in [1.54, 1.807) is 0 Å². The maximum atomic E-state index is 8.55. The van der Waals surface area contributed by atoms with E-state index in [0.717, 1.165) is 19.5 Å². The van der Waals surface area contributed by atoms with Gasteiger partial charge < -0.3 is 5.73 Å². The minimum Gasteiger partial charge on any atom is -0.326 e. The topological polar surface area (TPSA) is 53.0 Å². The van der Waals surface area contributed by atoms with Gasteiger partial charge in [-0.3, -0.25) is 4.90 Å². The molecule has 0 spiro atoms. The highest BCUT2D eigenvalue weighted by molar-refractivity contribution is 4.92. The molecule has 1 aliphatic rings. The molecule has 1 rings (SSSR count). The van der Waals surface area contributed by atoms with Crippen LogP contribution in [0.15, 0.2) is 0 Å². The van der Waals surface area contributed by atoms with Crippen molar-refractivity contribution < 1.29 is 0 Å². The van der Waals surface area contributed by atoms with E-state index in [2.05, 4.69) is 11.0 Å². The molecule has 1 heterocycles. The lowest BCUT2D eigenvalue weighted by Gasteiger charge is -2.16. The van der Waals surface area contributed by atoms with E-state index in [1.807, 2.05) is 6.92 Å². The number of rotatable bonds is 1. The van der Waals surface area contributed by atoms with Gasteiger partial charge in [-0.05, 0) is 13.3 Å². The largest absolute Gasteiger partial charge is 0.326 e. The molecule has 0 aromatic carbocycles. The van der Waals surface area contributed by atoms with Crippen LogP contribution < -0.4 is 5.73 Å². The normalized spacial score (nSPS) is 29.9. The Labute approximate surface area is 61.4 Å². The Hall–Kier alpha value is -0.590. The van der Waals surface area contributed by atoms with Crippen LogP contribution in [0.25, 0.3) is 0 Å². The zero-order chi connectivity index (χ0) is 7.56. The number of nitrogens with zero attached hydrogens (tertiary/aromatic N) is 2. The van der Waals surface area contributed by atoms with E-state index in [0.29, 0.717) is 0 Å². The molecule has 2 unspecified atom stereocenters. The first-order valence-corrected chi connectivity index (χ1v) is 3.63. The van der Waals surface area contributed by atoms with Crippen molar-refractivity contribution in [2.75, 3.05) is 13.1 Å². The molecular formula is C7H13N3. The summed E-state index contributed by atoms with van der Waals surface area (Å²) in [6, 6.07) is 2.52. The van der Waals surface area contributed by atoms with Crippen molar-refractivity contribution in [3.05, 3.63) is 0 Å². The highest BCUT2D eigenvalue weighted by Crippen LogP contribution is 2.09. The molecule has 0 bridgehead atoms. The van der Waals surface area contributed by atoms with Crippen molar-refractivity contribution in [3.63, 3.8) is 0 Å². The lowest BCUT2D eigenvalue weighted by Crippen LogP contribution is -2.32. The first kappa shape index (κ1) is 7.52. The Morgan fingerprint density at radius 2 is 2.50 bits per heavy atom. The summed E-state index contributed by atoms with van der Waals surface area (Å²) in [5.74, 6) is 0. The van der Waals surface area contributed by atoms with Crippen LogP contribution in [0.3, 0.4) is 0 Å². The molecule has 2 atom stereocenters. The van der Waals surface area contributed by atoms with E-state index in [9.17, 15) is 0 Å². The van der Waals surface area contributed by atoms with Crippen LogP contribution in [0.4, 0.5) is 0 Å². The Morgan fingerprint density at radius 1 is 1.80 bits per heavy atom. The summed E-state index contributed by atoms with van der Waals surface area (Å²) < 4.78 is 0. The van der Waals surface area contributed by atoms with E-state index in [-0.39, 0.29) is 12.1 Å². The lowest BCUT2D eigenvalue weighted by molar-refractivity contribution is 0.302. The molecule has 1 saturated heterocycles. The van der Waals surface area contributed by atoms with Gasteiger partial charge in [0.1, 0.15) is 0 Å². The summed E-state index contributed by atoms with van der Waals surface area (Å²) in [5, 5.41) is 8.55. The maximum absolute atomic E-state index is 8.55. The SMILES string of the molecule is CC(C#N)N1CCC(N)C1. The molecule has 2 N–H and O–H groups in total. The Balaban J connectivity index is 2.39. The van der Waals surface area contributed by atoms with Crippen LogP contribution >= 0.6 is 0 Å². The number of nitriles is 1. The van der Waals surface area contributed by atoms with E-state index >= 15 is 0 Å². The van der Waals surface area contributed by atoms with Crippen LogP contribution in [0.1, 0.15) is 13.3 Å². The van der Waals surface area contributed by atoms with Gasteiger partial charge in [0.05, 0.1) is 12.1 Å². The van der Waals surface area contributed by atoms with Gasteiger partial charge in [-0.15, -0.1) is 0 Å². The maximum Gasteiger partial charge on any atom is 0.0949 e. The molecule has 1 aliphatic heterocycles. The molecule has 0 amide bonds. The fourth-order valence-electron chi connectivity index (χ4n) is 1.25. The molecule has 1 fully saturated rings. The lowest BCUT2D eigenvalue weighted by atomic mass is 10.3. The number of hydrogen-bond acceptors (Lipinski definition) is 3. The number of nitrogens with two attached hydrogens (primary N) is 1. The van der Waals surface area contributed by atoms with Crippen molar-refractivity contribution in [2.24, 2.45) is 5.73 Å². The van der Waals surface area contributed by atoms with Gasteiger partial charge in [0.15, 0.2) is 0 Å². The fourth-order valence-corrected chi connectivity index (χ4v) is 1.25. The molecular weight excluding hydrogens is 126 g/mol. The molecule has 3 nitrogen and oxygen atoms in total. The molecule has 0 aromatic heterocycles. The van der Waals surface area contributed by atoms with Gasteiger partial charge in [-0.2, -0.15) is 5.26 Å². The second kappa shape index (κ2) is 3.00. The summed E-state index contributed by atoms with van der Waals surface area (Å²) in [5.41, 5.74) is 5.67. The van der Waals surface area contributed by atoms with Crippen molar-refractivity contribution in [2.45, 2.75) is 25.4 Å². The monoisotopic (exact) mass is 139 g/mol. The highest BCUT2D eigenvalue weighted by Gasteiger charge is 2.22. The van der Waals surface area contributed by atoms with Crippen LogP contribution in [0.5, 0.6) is 0 Å². The van der Waals surface area contributed by atoms with Crippen molar-refractivity contribution in [1.29, 1.82) is 5.26 Å². The standard InChI is InChI=1S/C7H13N3/c1-6(4-8)10-3-2-7(9)5-10/h6-7H,2-3,5,9H2,1H3. The molecule has 0 aromatic rings. The Bertz CT molecular complexity index is 149. The van der Waals surface area contributed by atoms with Crippen LogP contribution in [-0.4, -0.2) is 30.1 Å². The molecule has 10 heavy (non-hydrogen) atoms. The first-order chi connectivity index (χ1) is 4.74. The quantitative estimate of drug-likeness (QED) is 0.553. The van der Waals surface area contributed by atoms with Crippen molar-refractivity contribution in [1.82, 2.24) is 4.90 Å². The third-order valence-corrected chi connectivity index (χ3v) is 1.99. The van der Waals surface area contributed by atoms with Crippen LogP contribution in [0, 0.1) is 11.3 Å². The van der Waals surface area contributed by atoms with Gasteiger partial charge in [0.25, 0.3) is 0 Å². The smallest absolute Gasteiger partial charge is 0.0949 e. The summed E-state index contributed by atoms with van der Waals surface area (Å²) >= 11 is 0. The van der Waals surface area contributed by atoms with Crippen LogP contribution in [0.2, 0.25) is 0 Å². The van der Waals surface area contributed by atoms with Crippen molar-refractivity contribution >= 4 is 0 Å². The summed E-state index contributed by atoms with van der Waals surface area (Å²) in [7, 11) is 0. The van der Waals surface area contributed by atoms with Gasteiger partial charge in [0, 0.05) is 19.1 Å². The second-order valence-corrected chi connectivity index (χ2v) is 2.85. The highest BCUT2D eigenvalue weighted by atomic mass is 15.2. The molecule has 56 valence electrons. The predicted molar refractivity (Wildman–Crippen MR) is 39.2 cm³/mol. The van der Waals surface area contributed by atoms with Gasteiger partial charge >= 0.3 is 0 Å². The average Bonchev–Trinajstić information content (AvgIpc) is 2.34. The minimum atomic E-state index is 0.0357. The van der Waals surface area contributed by atoms with Gasteiger partial charge in [-0.25, -0.2) is 0 Å². The fraction of sp³-hybridized carbons (Fsp3) is 0.857. The molecule has 0 radical (unpaired) electrons. The summed E-state index contributed by atoms with van der Waals surface area (Å²) in [4.78, 5) is 2.12. The van der Waals surface area contributed by atoms with E-state index in [1.165, 1.54) is 0 Å². The third-order valence-electron chi connectivity index (χ3n) is 1.99. The van der Waals surface area contributed by atoms with E-state index in [4.69, 9.17) is 11.0 Å². The second-order valence-electron chi connectivity index (χ2n) is 2.85. The third kappa shape index (κ3) is 1.47. The van der Waals surface area contributed by atoms with E-state index < -0.39 is 0 Å². The van der Waals surface area contributed by atoms with Crippen LogP contribution in [-0.2, 0) is 0 Å². The Morgan fingerprint density at radius 3 is 2.90 bits per heavy atom. The molecule has 3 heteroatoms. The predicted octanol–water partition coefficient (Wildman–Crippen LogP) is -0.0685. The summed E-state index contributed by atoms with van der Waals surface area (Å²) in [6.07, 6.45) is 1.03. The minimum absolute atomic E-state index is 0.0357. The summed E-state index contributed by atoms with van der Waals surface area (Å²) in [6.45, 7) is 3.78. The Kier molecular flexibility index (Phi) is 2.25. The number of likely N-dealkylation sites (tertiary alicyclic amines) is 1. The van der Waals surface area contributed by atoms with Gasteiger partial charge in [-0.1, -0.05) is 0 Å².